The van der Waals surface area contributed by atoms with E-state index in [0.717, 1.165) is 29.4 Å². The highest BCUT2D eigenvalue weighted by molar-refractivity contribution is 5.57. The van der Waals surface area contributed by atoms with Crippen LogP contribution in [-0.2, 0) is 6.42 Å². The molecular formula is C32H32O4. The highest BCUT2D eigenvalue weighted by atomic mass is 16.5. The van der Waals surface area contributed by atoms with Gasteiger partial charge in [-0.15, -0.1) is 0 Å². The van der Waals surface area contributed by atoms with Gasteiger partial charge in [-0.25, -0.2) is 0 Å². The molecule has 4 nitrogen and oxygen atoms in total. The summed E-state index contributed by atoms with van der Waals surface area (Å²) in [6.07, 6.45) is 0.906. The molecule has 4 aromatic carbocycles. The maximum Gasteiger partial charge on any atom is 0.161 e. The van der Waals surface area contributed by atoms with Gasteiger partial charge in [-0.2, -0.15) is 0 Å². The van der Waals surface area contributed by atoms with Crippen LogP contribution in [0.4, 0.5) is 0 Å². The van der Waals surface area contributed by atoms with Crippen LogP contribution in [-0.4, -0.2) is 28.4 Å². The third-order valence-corrected chi connectivity index (χ3v) is 7.39. The largest absolute Gasteiger partial charge is 0.493 e. The van der Waals surface area contributed by atoms with Gasteiger partial charge in [-0.05, 0) is 64.4 Å². The van der Waals surface area contributed by atoms with Crippen molar-refractivity contribution in [3.63, 3.8) is 0 Å². The Morgan fingerprint density at radius 2 is 1.08 bits per heavy atom. The van der Waals surface area contributed by atoms with Gasteiger partial charge in [0.2, 0.25) is 0 Å². The highest BCUT2D eigenvalue weighted by Gasteiger charge is 2.40. The lowest BCUT2D eigenvalue weighted by atomic mass is 9.62. The van der Waals surface area contributed by atoms with Crippen LogP contribution in [0.2, 0.25) is 0 Å². The lowest BCUT2D eigenvalue weighted by Gasteiger charge is -2.41. The van der Waals surface area contributed by atoms with Crippen LogP contribution in [0.15, 0.2) is 91.0 Å². The maximum absolute atomic E-state index is 5.75. The first kappa shape index (κ1) is 23.8. The molecule has 0 aliphatic heterocycles. The highest BCUT2D eigenvalue weighted by Crippen LogP contribution is 2.55. The Hall–Kier alpha value is -3.92. The first-order valence-electron chi connectivity index (χ1n) is 12.2. The summed E-state index contributed by atoms with van der Waals surface area (Å²) in [5, 5.41) is 0. The lowest BCUT2D eigenvalue weighted by Crippen LogP contribution is -2.28. The van der Waals surface area contributed by atoms with Gasteiger partial charge >= 0.3 is 0 Å². The molecule has 1 aliphatic carbocycles. The third kappa shape index (κ3) is 4.28. The number of rotatable bonds is 7. The fraction of sp³-hybridized carbons (Fsp3) is 0.250. The van der Waals surface area contributed by atoms with Gasteiger partial charge in [0.05, 0.1) is 28.4 Å². The zero-order valence-electron chi connectivity index (χ0n) is 21.2. The monoisotopic (exact) mass is 480 g/mol. The molecule has 0 N–H and O–H groups in total. The van der Waals surface area contributed by atoms with E-state index < -0.39 is 0 Å². The van der Waals surface area contributed by atoms with Gasteiger partial charge in [0, 0.05) is 11.8 Å². The van der Waals surface area contributed by atoms with E-state index >= 15 is 0 Å². The number of benzene rings is 4. The van der Waals surface area contributed by atoms with Crippen LogP contribution < -0.4 is 18.9 Å². The fourth-order valence-electron chi connectivity index (χ4n) is 5.75. The zero-order chi connectivity index (χ0) is 25.1. The van der Waals surface area contributed by atoms with E-state index in [4.69, 9.17) is 18.9 Å². The molecule has 0 aromatic heterocycles. The Morgan fingerprint density at radius 1 is 0.528 bits per heavy atom. The summed E-state index contributed by atoms with van der Waals surface area (Å²) in [6.45, 7) is 0. The predicted octanol–water partition coefficient (Wildman–Crippen LogP) is 6.98. The Kier molecular flexibility index (Phi) is 6.86. The van der Waals surface area contributed by atoms with Crippen LogP contribution >= 0.6 is 0 Å². The van der Waals surface area contributed by atoms with Crippen LogP contribution in [0.5, 0.6) is 23.0 Å². The summed E-state index contributed by atoms with van der Waals surface area (Å²) in [4.78, 5) is 0. The van der Waals surface area contributed by atoms with Crippen LogP contribution in [0, 0.1) is 0 Å². The van der Waals surface area contributed by atoms with Crippen molar-refractivity contribution in [2.75, 3.05) is 28.4 Å². The van der Waals surface area contributed by atoms with Crippen molar-refractivity contribution < 1.29 is 18.9 Å². The van der Waals surface area contributed by atoms with Gasteiger partial charge in [0.25, 0.3) is 0 Å². The average molecular weight is 481 g/mol. The van der Waals surface area contributed by atoms with E-state index in [2.05, 4.69) is 84.9 Å². The summed E-state index contributed by atoms with van der Waals surface area (Å²) in [5.74, 6) is 3.50. The molecule has 0 unspecified atom stereocenters. The fourth-order valence-corrected chi connectivity index (χ4v) is 5.75. The molecule has 36 heavy (non-hydrogen) atoms. The smallest absolute Gasteiger partial charge is 0.161 e. The summed E-state index contributed by atoms with van der Waals surface area (Å²) in [6, 6.07) is 32.3. The number of fused-ring (bicyclic) bond motifs is 1. The van der Waals surface area contributed by atoms with E-state index in [1.807, 2.05) is 6.07 Å². The molecule has 5 rings (SSSR count). The van der Waals surface area contributed by atoms with Crippen molar-refractivity contribution in [3.05, 3.63) is 119 Å². The molecule has 0 amide bonds. The minimum Gasteiger partial charge on any atom is -0.493 e. The normalized spacial score (nSPS) is 18.7. The molecule has 0 saturated heterocycles. The van der Waals surface area contributed by atoms with Crippen molar-refractivity contribution in [1.29, 1.82) is 0 Å². The first-order valence-corrected chi connectivity index (χ1v) is 12.2. The SMILES string of the molecule is COc1ccc([C@@H]2c3cc(OC)c(OC)cc3C[C@H](c3ccccc3)[C@H]2c2ccccc2)cc1OC. The minimum absolute atomic E-state index is 0.0703. The van der Waals surface area contributed by atoms with Crippen molar-refractivity contribution in [2.45, 2.75) is 24.2 Å². The number of hydrogen-bond acceptors (Lipinski definition) is 4. The second kappa shape index (κ2) is 10.4. The zero-order valence-corrected chi connectivity index (χ0v) is 21.2. The number of ether oxygens (including phenoxy) is 4. The quantitative estimate of drug-likeness (QED) is 0.286. The molecule has 0 fully saturated rings. The molecule has 0 saturated carbocycles. The van der Waals surface area contributed by atoms with Gasteiger partial charge < -0.3 is 18.9 Å². The first-order chi connectivity index (χ1) is 17.7. The van der Waals surface area contributed by atoms with Crippen LogP contribution in [0.1, 0.15) is 45.6 Å². The molecular weight excluding hydrogens is 448 g/mol. The van der Waals surface area contributed by atoms with E-state index in [1.54, 1.807) is 28.4 Å². The van der Waals surface area contributed by atoms with Gasteiger partial charge in [0.15, 0.2) is 23.0 Å². The molecule has 0 heterocycles. The second-order valence-electron chi connectivity index (χ2n) is 9.16. The van der Waals surface area contributed by atoms with Gasteiger partial charge in [-0.1, -0.05) is 66.7 Å². The molecule has 184 valence electrons. The van der Waals surface area contributed by atoms with Crippen molar-refractivity contribution in [1.82, 2.24) is 0 Å². The Balaban J connectivity index is 1.79. The van der Waals surface area contributed by atoms with Crippen LogP contribution in [0.25, 0.3) is 0 Å². The van der Waals surface area contributed by atoms with E-state index in [1.165, 1.54) is 27.8 Å². The maximum atomic E-state index is 5.75. The summed E-state index contributed by atoms with van der Waals surface area (Å²) in [7, 11) is 6.74. The van der Waals surface area contributed by atoms with Crippen molar-refractivity contribution in [3.8, 4) is 23.0 Å². The standard InChI is InChI=1S/C32H32O4/c1-33-27-16-15-23(18-28(27)34-2)32-26-20-30(36-4)29(35-3)19-24(26)17-25(21-11-7-5-8-12-21)31(32)22-13-9-6-10-14-22/h5-16,18-20,25,31-32H,17H2,1-4H3/t25-,31-,32-/m1/s1. The number of hydrogen-bond donors (Lipinski definition) is 0. The topological polar surface area (TPSA) is 36.9 Å². The molecule has 0 bridgehead atoms. The number of methoxy groups -OCH3 is 4. The summed E-state index contributed by atoms with van der Waals surface area (Å²) >= 11 is 0. The van der Waals surface area contributed by atoms with Crippen molar-refractivity contribution >= 4 is 0 Å². The van der Waals surface area contributed by atoms with Crippen molar-refractivity contribution in [2.24, 2.45) is 0 Å². The molecule has 4 aromatic rings. The van der Waals surface area contributed by atoms with Gasteiger partial charge in [-0.3, -0.25) is 0 Å². The summed E-state index contributed by atoms with van der Waals surface area (Å²) < 4.78 is 22.7. The molecule has 0 radical (unpaired) electrons. The van der Waals surface area contributed by atoms with Crippen LogP contribution in [0.3, 0.4) is 0 Å². The average Bonchev–Trinajstić information content (AvgIpc) is 2.95. The minimum atomic E-state index is 0.0703. The third-order valence-electron chi connectivity index (χ3n) is 7.39. The molecule has 1 aliphatic rings. The Morgan fingerprint density at radius 3 is 1.69 bits per heavy atom. The van der Waals surface area contributed by atoms with E-state index in [0.29, 0.717) is 0 Å². The van der Waals surface area contributed by atoms with E-state index in [-0.39, 0.29) is 17.8 Å². The lowest BCUT2D eigenvalue weighted by molar-refractivity contribution is 0.350. The summed E-state index contributed by atoms with van der Waals surface area (Å²) in [5.41, 5.74) is 6.34. The van der Waals surface area contributed by atoms with Gasteiger partial charge in [0.1, 0.15) is 0 Å². The molecule has 3 atom stereocenters. The predicted molar refractivity (Wildman–Crippen MR) is 143 cm³/mol. The second-order valence-corrected chi connectivity index (χ2v) is 9.16. The Bertz CT molecular complexity index is 1320. The Labute approximate surface area is 213 Å². The molecule has 4 heteroatoms. The molecule has 0 spiro atoms. The van der Waals surface area contributed by atoms with E-state index in [9.17, 15) is 0 Å².